The molecule has 0 aliphatic carbocycles. The summed E-state index contributed by atoms with van der Waals surface area (Å²) in [6.07, 6.45) is -0.0742. The molecule has 3 N–H and O–H groups in total. The largest absolute Gasteiger partial charge is 0.480 e. The summed E-state index contributed by atoms with van der Waals surface area (Å²) in [4.78, 5) is 34.6. The van der Waals surface area contributed by atoms with E-state index < -0.39 is 29.6 Å². The fourth-order valence-corrected chi connectivity index (χ4v) is 2.24. The molecular formula is C15H18BrFN2O4. The van der Waals surface area contributed by atoms with E-state index in [9.17, 15) is 18.8 Å². The molecule has 0 spiro atoms. The summed E-state index contributed by atoms with van der Waals surface area (Å²) in [6, 6.07) is 2.73. The highest BCUT2D eigenvalue weighted by molar-refractivity contribution is 9.10. The summed E-state index contributed by atoms with van der Waals surface area (Å²) in [7, 11) is 0. The fourth-order valence-electron chi connectivity index (χ4n) is 1.82. The van der Waals surface area contributed by atoms with Gasteiger partial charge in [-0.2, -0.15) is 0 Å². The number of amides is 2. The summed E-state index contributed by atoms with van der Waals surface area (Å²) < 4.78 is 13.6. The van der Waals surface area contributed by atoms with E-state index in [0.717, 1.165) is 6.07 Å². The van der Waals surface area contributed by atoms with Gasteiger partial charge >= 0.3 is 5.97 Å². The first-order valence-corrected chi connectivity index (χ1v) is 7.77. The van der Waals surface area contributed by atoms with Crippen molar-refractivity contribution in [2.24, 2.45) is 5.92 Å². The third kappa shape index (κ3) is 5.97. The van der Waals surface area contributed by atoms with Gasteiger partial charge in [-0.15, -0.1) is 0 Å². The Labute approximate surface area is 141 Å². The van der Waals surface area contributed by atoms with Crippen LogP contribution < -0.4 is 10.6 Å². The predicted molar refractivity (Wildman–Crippen MR) is 85.5 cm³/mol. The number of carboxylic acids is 1. The molecule has 0 radical (unpaired) electrons. The maximum Gasteiger partial charge on any atom is 0.326 e. The molecule has 1 atom stereocenters. The maximum atomic E-state index is 13.1. The van der Waals surface area contributed by atoms with Crippen LogP contribution in [-0.4, -0.2) is 35.5 Å². The van der Waals surface area contributed by atoms with E-state index in [2.05, 4.69) is 26.6 Å². The zero-order valence-corrected chi connectivity index (χ0v) is 14.3. The monoisotopic (exact) mass is 388 g/mol. The Morgan fingerprint density at radius 1 is 1.30 bits per heavy atom. The number of hydrogen-bond acceptors (Lipinski definition) is 3. The molecule has 0 aromatic heterocycles. The van der Waals surface area contributed by atoms with E-state index in [-0.39, 0.29) is 24.4 Å². The number of carboxylic acid groups (broad SMARTS) is 1. The Morgan fingerprint density at radius 3 is 2.52 bits per heavy atom. The Balaban J connectivity index is 2.50. The molecule has 23 heavy (non-hydrogen) atoms. The number of rotatable bonds is 7. The number of aliphatic carboxylic acids is 1. The second-order valence-corrected chi connectivity index (χ2v) is 6.11. The van der Waals surface area contributed by atoms with Crippen LogP contribution in [0.25, 0.3) is 0 Å². The quantitative estimate of drug-likeness (QED) is 0.664. The van der Waals surface area contributed by atoms with Crippen LogP contribution in [0.4, 0.5) is 4.39 Å². The first kappa shape index (κ1) is 19.1. The molecule has 0 heterocycles. The highest BCUT2D eigenvalue weighted by Gasteiger charge is 2.23. The smallest absolute Gasteiger partial charge is 0.326 e. The minimum Gasteiger partial charge on any atom is -0.480 e. The summed E-state index contributed by atoms with van der Waals surface area (Å²) in [5.41, 5.74) is 0.121. The van der Waals surface area contributed by atoms with Crippen LogP contribution in [0, 0.1) is 11.7 Å². The molecule has 1 rings (SSSR count). The van der Waals surface area contributed by atoms with Gasteiger partial charge in [-0.05, 0) is 40.0 Å². The molecule has 0 saturated carbocycles. The molecule has 2 amide bonds. The SMILES string of the molecule is CC(C)C(NC(=O)CCNC(=O)c1cc(F)ccc1Br)C(=O)O. The molecule has 8 heteroatoms. The minimum atomic E-state index is -1.11. The van der Waals surface area contributed by atoms with Crippen LogP contribution in [0.1, 0.15) is 30.6 Å². The zero-order chi connectivity index (χ0) is 17.6. The number of carbonyl (C=O) groups excluding carboxylic acids is 2. The maximum absolute atomic E-state index is 13.1. The summed E-state index contributed by atoms with van der Waals surface area (Å²) in [5, 5.41) is 13.9. The molecule has 1 aromatic carbocycles. The molecular weight excluding hydrogens is 371 g/mol. The van der Waals surface area contributed by atoms with Crippen molar-refractivity contribution in [2.75, 3.05) is 6.54 Å². The Hall–Kier alpha value is -1.96. The number of benzene rings is 1. The Bertz CT molecular complexity index is 607. The number of halogens is 2. The normalized spacial score (nSPS) is 11.9. The van der Waals surface area contributed by atoms with Crippen molar-refractivity contribution in [2.45, 2.75) is 26.3 Å². The van der Waals surface area contributed by atoms with Crippen LogP contribution >= 0.6 is 15.9 Å². The van der Waals surface area contributed by atoms with E-state index in [0.29, 0.717) is 4.47 Å². The van der Waals surface area contributed by atoms with Gasteiger partial charge in [0.25, 0.3) is 5.91 Å². The van der Waals surface area contributed by atoms with Crippen LogP contribution in [0.5, 0.6) is 0 Å². The lowest BCUT2D eigenvalue weighted by molar-refractivity contribution is -0.143. The average molecular weight is 389 g/mol. The van der Waals surface area contributed by atoms with Crippen molar-refractivity contribution in [3.8, 4) is 0 Å². The predicted octanol–water partition coefficient (Wildman–Crippen LogP) is 1.93. The number of carbonyl (C=O) groups is 3. The van der Waals surface area contributed by atoms with Crippen molar-refractivity contribution >= 4 is 33.7 Å². The average Bonchev–Trinajstić information content (AvgIpc) is 2.46. The van der Waals surface area contributed by atoms with Crippen molar-refractivity contribution in [1.82, 2.24) is 10.6 Å². The number of hydrogen-bond donors (Lipinski definition) is 3. The van der Waals surface area contributed by atoms with Gasteiger partial charge in [0, 0.05) is 17.4 Å². The molecule has 6 nitrogen and oxygen atoms in total. The summed E-state index contributed by atoms with van der Waals surface area (Å²) in [6.45, 7) is 3.38. The second kappa shape index (κ2) is 8.61. The van der Waals surface area contributed by atoms with Gasteiger partial charge in [-0.25, -0.2) is 9.18 Å². The lowest BCUT2D eigenvalue weighted by Crippen LogP contribution is -2.45. The second-order valence-electron chi connectivity index (χ2n) is 5.26. The van der Waals surface area contributed by atoms with Crippen LogP contribution in [0.15, 0.2) is 22.7 Å². The van der Waals surface area contributed by atoms with E-state index in [4.69, 9.17) is 5.11 Å². The molecule has 1 aromatic rings. The van der Waals surface area contributed by atoms with Gasteiger partial charge in [0.15, 0.2) is 0 Å². The molecule has 126 valence electrons. The van der Waals surface area contributed by atoms with Gasteiger partial charge in [-0.1, -0.05) is 13.8 Å². The zero-order valence-electron chi connectivity index (χ0n) is 12.7. The van der Waals surface area contributed by atoms with Gasteiger partial charge in [-0.3, -0.25) is 9.59 Å². The fraction of sp³-hybridized carbons (Fsp3) is 0.400. The van der Waals surface area contributed by atoms with Crippen LogP contribution in [0.2, 0.25) is 0 Å². The Kier molecular flexibility index (Phi) is 7.15. The lowest BCUT2D eigenvalue weighted by atomic mass is 10.0. The topological polar surface area (TPSA) is 95.5 Å². The van der Waals surface area contributed by atoms with Crippen molar-refractivity contribution in [1.29, 1.82) is 0 Å². The molecule has 0 aliphatic heterocycles. The molecule has 0 fully saturated rings. The van der Waals surface area contributed by atoms with Gasteiger partial charge in [0.05, 0.1) is 5.56 Å². The molecule has 0 saturated heterocycles. The van der Waals surface area contributed by atoms with Crippen molar-refractivity contribution in [3.05, 3.63) is 34.1 Å². The Morgan fingerprint density at radius 2 is 1.96 bits per heavy atom. The van der Waals surface area contributed by atoms with Crippen molar-refractivity contribution < 1.29 is 23.9 Å². The van der Waals surface area contributed by atoms with Gasteiger partial charge in [0.1, 0.15) is 11.9 Å². The van der Waals surface area contributed by atoms with Crippen LogP contribution in [-0.2, 0) is 9.59 Å². The van der Waals surface area contributed by atoms with E-state index in [1.807, 2.05) is 0 Å². The first-order valence-electron chi connectivity index (χ1n) is 6.97. The summed E-state index contributed by atoms with van der Waals surface area (Å²) >= 11 is 3.14. The standard InChI is InChI=1S/C15H18BrFN2O4/c1-8(2)13(15(22)23)19-12(20)5-6-18-14(21)10-7-9(17)3-4-11(10)16/h3-4,7-8,13H,5-6H2,1-2H3,(H,18,21)(H,19,20)(H,22,23). The van der Waals surface area contributed by atoms with Crippen molar-refractivity contribution in [3.63, 3.8) is 0 Å². The number of nitrogens with one attached hydrogen (secondary N) is 2. The van der Waals surface area contributed by atoms with E-state index in [1.165, 1.54) is 12.1 Å². The van der Waals surface area contributed by atoms with Gasteiger partial charge in [0.2, 0.25) is 5.91 Å². The van der Waals surface area contributed by atoms with Crippen LogP contribution in [0.3, 0.4) is 0 Å². The third-order valence-electron chi connectivity index (χ3n) is 3.06. The molecule has 0 bridgehead atoms. The third-order valence-corrected chi connectivity index (χ3v) is 3.75. The first-order chi connectivity index (χ1) is 10.7. The summed E-state index contributed by atoms with van der Waals surface area (Å²) in [5.74, 6) is -2.92. The highest BCUT2D eigenvalue weighted by atomic mass is 79.9. The van der Waals surface area contributed by atoms with E-state index in [1.54, 1.807) is 13.8 Å². The highest BCUT2D eigenvalue weighted by Crippen LogP contribution is 2.17. The van der Waals surface area contributed by atoms with Gasteiger partial charge < -0.3 is 15.7 Å². The lowest BCUT2D eigenvalue weighted by Gasteiger charge is -2.17. The molecule has 0 aliphatic rings. The van der Waals surface area contributed by atoms with E-state index >= 15 is 0 Å². The molecule has 1 unspecified atom stereocenters. The minimum absolute atomic E-state index is 0.0120.